The van der Waals surface area contributed by atoms with Crippen molar-refractivity contribution in [3.63, 3.8) is 0 Å². The first kappa shape index (κ1) is 8.35. The molecule has 0 fully saturated rings. The highest BCUT2D eigenvalue weighted by molar-refractivity contribution is 5.59. The van der Waals surface area contributed by atoms with Crippen molar-refractivity contribution in [2.75, 3.05) is 5.73 Å². The first-order valence-corrected chi connectivity index (χ1v) is 3.61. The van der Waals surface area contributed by atoms with Crippen LogP contribution >= 0.6 is 0 Å². The highest BCUT2D eigenvalue weighted by Crippen LogP contribution is 2.07. The Labute approximate surface area is 71.4 Å². The molecule has 0 radical (unpaired) electrons. The van der Waals surface area contributed by atoms with Gasteiger partial charge in [-0.1, -0.05) is 24.0 Å². The fraction of sp³-hybridized carbons (Fsp3) is 0.100. The van der Waals surface area contributed by atoms with E-state index in [9.17, 15) is 4.79 Å². The van der Waals surface area contributed by atoms with E-state index in [2.05, 4.69) is 11.8 Å². The molecule has 12 heavy (non-hydrogen) atoms. The van der Waals surface area contributed by atoms with E-state index >= 15 is 0 Å². The minimum Gasteiger partial charge on any atom is -0.398 e. The molecule has 0 aliphatic carbocycles. The molecule has 0 heterocycles. The predicted molar refractivity (Wildman–Crippen MR) is 48.4 cm³/mol. The summed E-state index contributed by atoms with van der Waals surface area (Å²) in [5.74, 6) is 5.50. The zero-order chi connectivity index (χ0) is 8.81. The standard InChI is InChI=1S/C10H9NO/c11-10-7-2-1-5-9(10)6-3-4-8-12/h1-2,5,7-8H,4,11H2. The molecular formula is C10H9NO. The van der Waals surface area contributed by atoms with Crippen molar-refractivity contribution in [2.45, 2.75) is 6.42 Å². The molecule has 0 bridgehead atoms. The molecule has 0 unspecified atom stereocenters. The first-order chi connectivity index (χ1) is 5.84. The molecule has 0 aliphatic rings. The number of para-hydroxylation sites is 1. The molecule has 2 N–H and O–H groups in total. The van der Waals surface area contributed by atoms with Crippen molar-refractivity contribution in [1.29, 1.82) is 0 Å². The Morgan fingerprint density at radius 2 is 2.17 bits per heavy atom. The second kappa shape index (κ2) is 4.20. The topological polar surface area (TPSA) is 43.1 Å². The lowest BCUT2D eigenvalue weighted by Crippen LogP contribution is -1.88. The number of anilines is 1. The Morgan fingerprint density at radius 3 is 2.83 bits per heavy atom. The van der Waals surface area contributed by atoms with Crippen molar-refractivity contribution in [2.24, 2.45) is 0 Å². The molecule has 0 saturated carbocycles. The van der Waals surface area contributed by atoms with Crippen LogP contribution in [0.15, 0.2) is 24.3 Å². The highest BCUT2D eigenvalue weighted by atomic mass is 16.1. The Balaban J connectivity index is 2.84. The van der Waals surface area contributed by atoms with Gasteiger partial charge in [0.1, 0.15) is 6.29 Å². The van der Waals surface area contributed by atoms with Gasteiger partial charge in [0.15, 0.2) is 0 Å². The average Bonchev–Trinajstić information content (AvgIpc) is 2.09. The second-order valence-electron chi connectivity index (χ2n) is 2.26. The zero-order valence-electron chi connectivity index (χ0n) is 6.58. The summed E-state index contributed by atoms with van der Waals surface area (Å²) in [5, 5.41) is 0. The predicted octanol–water partition coefficient (Wildman–Crippen LogP) is 1.21. The van der Waals surface area contributed by atoms with Crippen LogP contribution in [0.25, 0.3) is 0 Å². The van der Waals surface area contributed by atoms with Crippen LogP contribution in [0.5, 0.6) is 0 Å². The maximum Gasteiger partial charge on any atom is 0.131 e. The average molecular weight is 159 g/mol. The third-order valence-electron chi connectivity index (χ3n) is 1.37. The molecule has 0 amide bonds. The number of benzene rings is 1. The van der Waals surface area contributed by atoms with E-state index in [0.29, 0.717) is 5.69 Å². The summed E-state index contributed by atoms with van der Waals surface area (Å²) in [5.41, 5.74) is 7.04. The van der Waals surface area contributed by atoms with Gasteiger partial charge in [-0.25, -0.2) is 0 Å². The number of nitrogen functional groups attached to an aromatic ring is 1. The monoisotopic (exact) mass is 159 g/mol. The van der Waals surface area contributed by atoms with Crippen LogP contribution in [0.2, 0.25) is 0 Å². The van der Waals surface area contributed by atoms with Crippen molar-refractivity contribution in [1.82, 2.24) is 0 Å². The van der Waals surface area contributed by atoms with Crippen LogP contribution in [-0.4, -0.2) is 6.29 Å². The second-order valence-corrected chi connectivity index (χ2v) is 2.26. The van der Waals surface area contributed by atoms with Gasteiger partial charge in [0.05, 0.1) is 6.42 Å². The largest absolute Gasteiger partial charge is 0.398 e. The van der Waals surface area contributed by atoms with Gasteiger partial charge >= 0.3 is 0 Å². The van der Waals surface area contributed by atoms with Gasteiger partial charge in [0.2, 0.25) is 0 Å². The zero-order valence-corrected chi connectivity index (χ0v) is 6.58. The van der Waals surface area contributed by atoms with Gasteiger partial charge in [-0.2, -0.15) is 0 Å². The number of rotatable bonds is 1. The van der Waals surface area contributed by atoms with E-state index in [1.54, 1.807) is 6.07 Å². The summed E-state index contributed by atoms with van der Waals surface area (Å²) in [6.07, 6.45) is 1.03. The van der Waals surface area contributed by atoms with E-state index < -0.39 is 0 Å². The quantitative estimate of drug-likeness (QED) is 0.380. The lowest BCUT2D eigenvalue weighted by atomic mass is 10.2. The Bertz CT molecular complexity index is 333. The van der Waals surface area contributed by atoms with Crippen molar-refractivity contribution in [3.8, 4) is 11.8 Å². The lowest BCUT2D eigenvalue weighted by Gasteiger charge is -1.94. The van der Waals surface area contributed by atoms with Crippen LogP contribution in [0.1, 0.15) is 12.0 Å². The van der Waals surface area contributed by atoms with Crippen LogP contribution in [0.4, 0.5) is 5.69 Å². The third kappa shape index (κ3) is 2.14. The number of carbonyl (C=O) groups excluding carboxylic acids is 1. The summed E-state index contributed by atoms with van der Waals surface area (Å²) >= 11 is 0. The molecule has 1 aromatic rings. The van der Waals surface area contributed by atoms with E-state index in [1.165, 1.54) is 0 Å². The molecule has 0 spiro atoms. The van der Waals surface area contributed by atoms with Crippen LogP contribution in [-0.2, 0) is 4.79 Å². The minimum absolute atomic E-state index is 0.258. The normalized spacial score (nSPS) is 8.33. The molecule has 0 atom stereocenters. The summed E-state index contributed by atoms with van der Waals surface area (Å²) in [7, 11) is 0. The molecule has 1 rings (SSSR count). The smallest absolute Gasteiger partial charge is 0.131 e. The summed E-state index contributed by atoms with van der Waals surface area (Å²) < 4.78 is 0. The van der Waals surface area contributed by atoms with Crippen molar-refractivity contribution in [3.05, 3.63) is 29.8 Å². The maximum atomic E-state index is 9.95. The van der Waals surface area contributed by atoms with E-state index in [0.717, 1.165) is 11.8 Å². The molecule has 0 aliphatic heterocycles. The summed E-state index contributed by atoms with van der Waals surface area (Å²) in [4.78, 5) is 9.95. The number of nitrogens with two attached hydrogens (primary N) is 1. The van der Waals surface area contributed by atoms with E-state index in [4.69, 9.17) is 5.73 Å². The summed E-state index contributed by atoms with van der Waals surface area (Å²) in [6, 6.07) is 7.32. The van der Waals surface area contributed by atoms with Crippen LogP contribution < -0.4 is 5.73 Å². The number of carbonyl (C=O) groups is 1. The SMILES string of the molecule is Nc1ccccc1C#CCC=O. The third-order valence-corrected chi connectivity index (χ3v) is 1.37. The van der Waals surface area contributed by atoms with Gasteiger partial charge in [0, 0.05) is 11.3 Å². The Morgan fingerprint density at radius 1 is 1.42 bits per heavy atom. The Hall–Kier alpha value is -1.75. The first-order valence-electron chi connectivity index (χ1n) is 3.61. The number of hydrogen-bond acceptors (Lipinski definition) is 2. The van der Waals surface area contributed by atoms with Crippen molar-refractivity contribution < 1.29 is 4.79 Å². The fourth-order valence-corrected chi connectivity index (χ4v) is 0.799. The van der Waals surface area contributed by atoms with Gasteiger partial charge < -0.3 is 10.5 Å². The molecule has 60 valence electrons. The van der Waals surface area contributed by atoms with Crippen LogP contribution in [0.3, 0.4) is 0 Å². The van der Waals surface area contributed by atoms with E-state index in [1.807, 2.05) is 18.2 Å². The number of hydrogen-bond donors (Lipinski definition) is 1. The molecule has 1 aromatic carbocycles. The lowest BCUT2D eigenvalue weighted by molar-refractivity contribution is -0.107. The fourth-order valence-electron chi connectivity index (χ4n) is 0.799. The van der Waals surface area contributed by atoms with Crippen molar-refractivity contribution >= 4 is 12.0 Å². The Kier molecular flexibility index (Phi) is 2.92. The van der Waals surface area contributed by atoms with Gasteiger partial charge in [-0.15, -0.1) is 0 Å². The molecule has 0 saturated heterocycles. The molecule has 2 heteroatoms. The van der Waals surface area contributed by atoms with Crippen LogP contribution in [0, 0.1) is 11.8 Å². The van der Waals surface area contributed by atoms with Gasteiger partial charge in [-0.3, -0.25) is 0 Å². The number of aldehydes is 1. The van der Waals surface area contributed by atoms with Gasteiger partial charge in [0.25, 0.3) is 0 Å². The van der Waals surface area contributed by atoms with Gasteiger partial charge in [-0.05, 0) is 12.1 Å². The molecule has 0 aromatic heterocycles. The molecule has 2 nitrogen and oxygen atoms in total. The maximum absolute atomic E-state index is 9.95. The van der Waals surface area contributed by atoms with E-state index in [-0.39, 0.29) is 6.42 Å². The highest BCUT2D eigenvalue weighted by Gasteiger charge is 1.89. The molecular weight excluding hydrogens is 150 g/mol. The summed E-state index contributed by atoms with van der Waals surface area (Å²) in [6.45, 7) is 0. The minimum atomic E-state index is 0.258.